The molecule has 20 heavy (non-hydrogen) atoms. The molecule has 2 aliphatic rings. The van der Waals surface area contributed by atoms with Crippen LogP contribution in [0.4, 0.5) is 0 Å². The van der Waals surface area contributed by atoms with Crippen molar-refractivity contribution in [3.63, 3.8) is 0 Å². The molecule has 0 N–H and O–H groups in total. The van der Waals surface area contributed by atoms with Crippen LogP contribution in [0, 0.1) is 16.7 Å². The number of hydrogen-bond donors (Lipinski definition) is 0. The fraction of sp³-hybridized carbons (Fsp3) is 0.941. The Kier molecular flexibility index (Phi) is 5.86. The lowest BCUT2D eigenvalue weighted by molar-refractivity contribution is 0.120. The van der Waals surface area contributed by atoms with E-state index in [4.69, 9.17) is 5.26 Å². The van der Waals surface area contributed by atoms with Gasteiger partial charge < -0.3 is 4.90 Å². The molecule has 0 saturated carbocycles. The van der Waals surface area contributed by atoms with E-state index in [2.05, 4.69) is 29.7 Å². The Hall–Kier alpha value is -0.590. The second-order valence-electron chi connectivity index (χ2n) is 6.79. The molecule has 0 amide bonds. The molecule has 0 aliphatic carbocycles. The summed E-state index contributed by atoms with van der Waals surface area (Å²) in [5.41, 5.74) is 0.365. The highest BCUT2D eigenvalue weighted by Crippen LogP contribution is 2.34. The van der Waals surface area contributed by atoms with E-state index in [1.165, 1.54) is 64.8 Å². The molecule has 0 aromatic carbocycles. The van der Waals surface area contributed by atoms with Crippen molar-refractivity contribution in [2.45, 2.75) is 64.8 Å². The van der Waals surface area contributed by atoms with Crippen LogP contribution >= 0.6 is 0 Å². The molecule has 0 spiro atoms. The third-order valence-electron chi connectivity index (χ3n) is 5.71. The van der Waals surface area contributed by atoms with Crippen molar-refractivity contribution in [3.8, 4) is 6.07 Å². The highest BCUT2D eigenvalue weighted by atomic mass is 15.3. The summed E-state index contributed by atoms with van der Waals surface area (Å²) in [6.45, 7) is 10.9. The highest BCUT2D eigenvalue weighted by molar-refractivity contribution is 4.89. The number of rotatable bonds is 6. The molecule has 2 saturated heterocycles. The first-order chi connectivity index (χ1) is 9.73. The number of fused-ring (bicyclic) bond motifs is 1. The van der Waals surface area contributed by atoms with E-state index in [-0.39, 0.29) is 0 Å². The molecule has 1 atom stereocenters. The van der Waals surface area contributed by atoms with Crippen molar-refractivity contribution >= 4 is 0 Å². The van der Waals surface area contributed by atoms with E-state index in [9.17, 15) is 0 Å². The van der Waals surface area contributed by atoms with Gasteiger partial charge in [0.15, 0.2) is 0 Å². The van der Waals surface area contributed by atoms with Gasteiger partial charge in [0, 0.05) is 25.6 Å². The molecule has 2 fully saturated rings. The van der Waals surface area contributed by atoms with Gasteiger partial charge in [0.05, 0.1) is 6.07 Å². The highest BCUT2D eigenvalue weighted by Gasteiger charge is 2.33. The molecule has 2 rings (SSSR count). The van der Waals surface area contributed by atoms with Crippen LogP contribution in [0.2, 0.25) is 0 Å². The lowest BCUT2D eigenvalue weighted by Gasteiger charge is -2.37. The molecule has 0 radical (unpaired) electrons. The Morgan fingerprint density at radius 2 is 1.90 bits per heavy atom. The monoisotopic (exact) mass is 277 g/mol. The summed E-state index contributed by atoms with van der Waals surface area (Å²) in [6, 6.07) is 3.16. The summed E-state index contributed by atoms with van der Waals surface area (Å²) >= 11 is 0. The zero-order valence-electron chi connectivity index (χ0n) is 13.4. The van der Waals surface area contributed by atoms with Crippen molar-refractivity contribution in [1.29, 1.82) is 5.26 Å². The van der Waals surface area contributed by atoms with Crippen LogP contribution in [-0.4, -0.2) is 48.6 Å². The molecular formula is C17H31N3. The molecule has 114 valence electrons. The normalized spacial score (nSPS) is 25.1. The van der Waals surface area contributed by atoms with E-state index in [0.29, 0.717) is 11.8 Å². The van der Waals surface area contributed by atoms with Crippen LogP contribution in [0.1, 0.15) is 58.8 Å². The third-order valence-corrected chi connectivity index (χ3v) is 5.71. The third kappa shape index (κ3) is 3.74. The van der Waals surface area contributed by atoms with Crippen LogP contribution in [0.3, 0.4) is 0 Å². The zero-order valence-corrected chi connectivity index (χ0v) is 13.4. The maximum absolute atomic E-state index is 8.92. The van der Waals surface area contributed by atoms with Gasteiger partial charge in [-0.2, -0.15) is 5.26 Å². The van der Waals surface area contributed by atoms with Crippen molar-refractivity contribution in [2.24, 2.45) is 5.41 Å². The van der Waals surface area contributed by atoms with Crippen molar-refractivity contribution in [3.05, 3.63) is 0 Å². The minimum Gasteiger partial charge on any atom is -0.301 e. The number of nitriles is 1. The summed E-state index contributed by atoms with van der Waals surface area (Å²) in [5, 5.41) is 8.92. The van der Waals surface area contributed by atoms with E-state index in [0.717, 1.165) is 12.5 Å². The fourth-order valence-corrected chi connectivity index (χ4v) is 4.13. The fourth-order valence-electron chi connectivity index (χ4n) is 4.13. The summed E-state index contributed by atoms with van der Waals surface area (Å²) in [5.74, 6) is 0. The molecule has 3 heteroatoms. The average Bonchev–Trinajstić information content (AvgIpc) is 2.82. The van der Waals surface area contributed by atoms with Crippen LogP contribution in [0.25, 0.3) is 0 Å². The Balaban J connectivity index is 1.96. The second-order valence-corrected chi connectivity index (χ2v) is 6.79. The largest absolute Gasteiger partial charge is 0.301 e. The summed E-state index contributed by atoms with van der Waals surface area (Å²) in [6.07, 6.45) is 8.29. The number of hydrogen-bond acceptors (Lipinski definition) is 3. The average molecular weight is 277 g/mol. The molecular weight excluding hydrogens is 246 g/mol. The Morgan fingerprint density at radius 3 is 2.60 bits per heavy atom. The van der Waals surface area contributed by atoms with Crippen molar-refractivity contribution in [1.82, 2.24) is 9.80 Å². The smallest absolute Gasteiger partial charge is 0.0621 e. The van der Waals surface area contributed by atoms with E-state index in [1.54, 1.807) is 0 Å². The standard InChI is InChI=1S/C17H31N3/c1-3-17(4-2,9-6-10-18)15-19-11-7-13-20-12-5-8-16(20)14-19/h16H,3-9,11-15H2,1-2H3/t16-/m1/s1. The van der Waals surface area contributed by atoms with Gasteiger partial charge in [-0.05, 0) is 63.6 Å². The first-order valence-corrected chi connectivity index (χ1v) is 8.56. The van der Waals surface area contributed by atoms with Crippen LogP contribution < -0.4 is 0 Å². The molecule has 2 aliphatic heterocycles. The molecule has 3 nitrogen and oxygen atoms in total. The summed E-state index contributed by atoms with van der Waals surface area (Å²) < 4.78 is 0. The molecule has 0 aromatic heterocycles. The van der Waals surface area contributed by atoms with Gasteiger partial charge in [-0.15, -0.1) is 0 Å². The summed E-state index contributed by atoms with van der Waals surface area (Å²) in [4.78, 5) is 5.41. The Labute approximate surface area is 124 Å². The molecule has 2 heterocycles. The van der Waals surface area contributed by atoms with Crippen molar-refractivity contribution < 1.29 is 0 Å². The molecule has 0 bridgehead atoms. The quantitative estimate of drug-likeness (QED) is 0.746. The topological polar surface area (TPSA) is 30.3 Å². The summed E-state index contributed by atoms with van der Waals surface area (Å²) in [7, 11) is 0. The SMILES string of the molecule is CCC(CC)(CCC#N)CN1CCCN2CCC[C@@H]2C1. The Morgan fingerprint density at radius 1 is 1.15 bits per heavy atom. The molecule has 0 aromatic rings. The Bertz CT molecular complexity index is 330. The van der Waals surface area contributed by atoms with Crippen LogP contribution in [0.15, 0.2) is 0 Å². The van der Waals surface area contributed by atoms with Gasteiger partial charge in [0.25, 0.3) is 0 Å². The maximum Gasteiger partial charge on any atom is 0.0621 e. The first-order valence-electron chi connectivity index (χ1n) is 8.56. The van der Waals surface area contributed by atoms with E-state index < -0.39 is 0 Å². The minimum atomic E-state index is 0.365. The van der Waals surface area contributed by atoms with Gasteiger partial charge in [-0.3, -0.25) is 4.90 Å². The number of nitrogens with zero attached hydrogens (tertiary/aromatic N) is 3. The van der Waals surface area contributed by atoms with Crippen molar-refractivity contribution in [2.75, 3.05) is 32.7 Å². The van der Waals surface area contributed by atoms with Gasteiger partial charge in [-0.1, -0.05) is 13.8 Å². The first kappa shape index (κ1) is 15.8. The molecule has 0 unspecified atom stereocenters. The lowest BCUT2D eigenvalue weighted by atomic mass is 9.77. The van der Waals surface area contributed by atoms with Crippen LogP contribution in [0.5, 0.6) is 0 Å². The second kappa shape index (κ2) is 7.43. The van der Waals surface area contributed by atoms with Crippen LogP contribution in [-0.2, 0) is 0 Å². The maximum atomic E-state index is 8.92. The lowest BCUT2D eigenvalue weighted by Crippen LogP contribution is -2.42. The van der Waals surface area contributed by atoms with E-state index >= 15 is 0 Å². The minimum absolute atomic E-state index is 0.365. The van der Waals surface area contributed by atoms with Gasteiger partial charge in [0.1, 0.15) is 0 Å². The van der Waals surface area contributed by atoms with E-state index in [1.807, 2.05) is 0 Å². The van der Waals surface area contributed by atoms with Gasteiger partial charge in [0.2, 0.25) is 0 Å². The zero-order chi connectivity index (χ0) is 14.4. The van der Waals surface area contributed by atoms with Gasteiger partial charge >= 0.3 is 0 Å². The predicted molar refractivity (Wildman–Crippen MR) is 83.5 cm³/mol. The predicted octanol–water partition coefficient (Wildman–Crippen LogP) is 3.27. The van der Waals surface area contributed by atoms with Gasteiger partial charge in [-0.25, -0.2) is 0 Å².